The molecule has 4 rings (SSSR count). The number of fused-ring (bicyclic) bond motifs is 1. The van der Waals surface area contributed by atoms with Gasteiger partial charge in [-0.05, 0) is 63.4 Å². The van der Waals surface area contributed by atoms with Gasteiger partial charge in [-0.25, -0.2) is 14.5 Å². The molecule has 0 aliphatic carbocycles. The van der Waals surface area contributed by atoms with Crippen molar-refractivity contribution in [3.63, 3.8) is 0 Å². The van der Waals surface area contributed by atoms with Crippen LogP contribution in [0.3, 0.4) is 0 Å². The summed E-state index contributed by atoms with van der Waals surface area (Å²) in [7, 11) is -3.98. The van der Waals surface area contributed by atoms with Crippen LogP contribution in [-0.2, 0) is 21.5 Å². The van der Waals surface area contributed by atoms with Gasteiger partial charge in [0, 0.05) is 25.7 Å². The van der Waals surface area contributed by atoms with Crippen molar-refractivity contribution in [2.75, 3.05) is 13.1 Å². The van der Waals surface area contributed by atoms with Crippen LogP contribution in [0, 0.1) is 0 Å². The number of ether oxygens (including phenoxy) is 2. The SMILES string of the molecule is CC(C)(C)OC(=O)NS(=O)(=O)NC1CCN(Cc2ccc(Oc3nc4ccccc4s3)cc2)CC1. The van der Waals surface area contributed by atoms with Crippen molar-refractivity contribution in [1.82, 2.24) is 19.3 Å². The average Bonchev–Trinajstić information content (AvgIpc) is 3.17. The summed E-state index contributed by atoms with van der Waals surface area (Å²) in [6.07, 6.45) is 0.306. The molecule has 1 amide bonds. The van der Waals surface area contributed by atoms with Gasteiger partial charge in [-0.1, -0.05) is 35.6 Å². The van der Waals surface area contributed by atoms with Gasteiger partial charge in [0.25, 0.3) is 5.19 Å². The molecule has 1 aliphatic rings. The van der Waals surface area contributed by atoms with Crippen molar-refractivity contribution in [1.29, 1.82) is 0 Å². The summed E-state index contributed by atoms with van der Waals surface area (Å²) >= 11 is 1.51. The van der Waals surface area contributed by atoms with E-state index in [-0.39, 0.29) is 6.04 Å². The molecule has 0 spiro atoms. The molecule has 1 aromatic heterocycles. The van der Waals surface area contributed by atoms with Gasteiger partial charge < -0.3 is 9.47 Å². The number of aromatic nitrogens is 1. The Kier molecular flexibility index (Phi) is 7.60. The Balaban J connectivity index is 1.23. The Labute approximate surface area is 209 Å². The fourth-order valence-electron chi connectivity index (χ4n) is 3.78. The van der Waals surface area contributed by atoms with Crippen LogP contribution in [0.4, 0.5) is 4.79 Å². The molecule has 1 saturated heterocycles. The third-order valence-corrected chi connectivity index (χ3v) is 7.33. The maximum absolute atomic E-state index is 12.2. The Morgan fingerprint density at radius 1 is 1.11 bits per heavy atom. The van der Waals surface area contributed by atoms with Gasteiger partial charge >= 0.3 is 16.3 Å². The minimum Gasteiger partial charge on any atom is -0.443 e. The lowest BCUT2D eigenvalue weighted by Crippen LogP contribution is -2.50. The van der Waals surface area contributed by atoms with E-state index < -0.39 is 21.9 Å². The molecule has 1 fully saturated rings. The number of nitrogens with zero attached hydrogens (tertiary/aromatic N) is 2. The molecule has 0 unspecified atom stereocenters. The molecule has 11 heteroatoms. The summed E-state index contributed by atoms with van der Waals surface area (Å²) in [5.74, 6) is 0.735. The second-order valence-corrected chi connectivity index (χ2v) is 11.9. The minimum atomic E-state index is -3.98. The number of rotatable bonds is 7. The molecule has 9 nitrogen and oxygen atoms in total. The summed E-state index contributed by atoms with van der Waals surface area (Å²) < 4.78 is 40.9. The lowest BCUT2D eigenvalue weighted by atomic mass is 10.1. The molecule has 2 heterocycles. The van der Waals surface area contributed by atoms with Crippen molar-refractivity contribution in [3.8, 4) is 10.9 Å². The maximum Gasteiger partial charge on any atom is 0.422 e. The van der Waals surface area contributed by atoms with Crippen molar-refractivity contribution in [2.45, 2.75) is 51.8 Å². The summed E-state index contributed by atoms with van der Waals surface area (Å²) in [5.41, 5.74) is 1.30. The number of carbonyl (C=O) groups excluding carboxylic acids is 1. The Bertz CT molecular complexity index is 1230. The van der Waals surface area contributed by atoms with Crippen molar-refractivity contribution in [3.05, 3.63) is 54.1 Å². The zero-order valence-corrected chi connectivity index (χ0v) is 21.6. The molecule has 2 aromatic carbocycles. The lowest BCUT2D eigenvalue weighted by molar-refractivity contribution is 0.0569. The quantitative estimate of drug-likeness (QED) is 0.477. The maximum atomic E-state index is 12.2. The van der Waals surface area contributed by atoms with E-state index in [1.807, 2.05) is 53.3 Å². The van der Waals surface area contributed by atoms with E-state index >= 15 is 0 Å². The number of para-hydroxylation sites is 1. The van der Waals surface area contributed by atoms with Gasteiger partial charge in [0.2, 0.25) is 0 Å². The molecule has 0 bridgehead atoms. The Morgan fingerprint density at radius 3 is 2.46 bits per heavy atom. The van der Waals surface area contributed by atoms with Gasteiger partial charge in [-0.15, -0.1) is 0 Å². The van der Waals surface area contributed by atoms with Crippen LogP contribution in [0.15, 0.2) is 48.5 Å². The molecule has 3 aromatic rings. The van der Waals surface area contributed by atoms with E-state index in [9.17, 15) is 13.2 Å². The van der Waals surface area contributed by atoms with Crippen LogP contribution in [0.25, 0.3) is 10.2 Å². The molecule has 0 saturated carbocycles. The highest BCUT2D eigenvalue weighted by molar-refractivity contribution is 7.88. The predicted octanol–water partition coefficient (Wildman–Crippen LogP) is 4.41. The third kappa shape index (κ3) is 7.63. The first-order valence-electron chi connectivity index (χ1n) is 11.4. The summed E-state index contributed by atoms with van der Waals surface area (Å²) in [5, 5.41) is 0.615. The van der Waals surface area contributed by atoms with Gasteiger partial charge in [-0.2, -0.15) is 13.1 Å². The largest absolute Gasteiger partial charge is 0.443 e. The number of hydrogen-bond acceptors (Lipinski definition) is 8. The number of nitrogens with one attached hydrogen (secondary N) is 2. The zero-order valence-electron chi connectivity index (χ0n) is 20.0. The van der Waals surface area contributed by atoms with Crippen molar-refractivity contribution >= 4 is 37.9 Å². The number of likely N-dealkylation sites (tertiary alicyclic amines) is 1. The normalized spacial score (nSPS) is 15.7. The van der Waals surface area contributed by atoms with E-state index in [2.05, 4.69) is 14.6 Å². The highest BCUT2D eigenvalue weighted by Crippen LogP contribution is 2.31. The van der Waals surface area contributed by atoms with Gasteiger partial charge in [0.05, 0.1) is 10.2 Å². The highest BCUT2D eigenvalue weighted by atomic mass is 32.2. The first-order valence-corrected chi connectivity index (χ1v) is 13.7. The highest BCUT2D eigenvalue weighted by Gasteiger charge is 2.26. The molecule has 1 aliphatic heterocycles. The molecule has 0 radical (unpaired) electrons. The number of piperidine rings is 1. The second-order valence-electron chi connectivity index (χ2n) is 9.47. The van der Waals surface area contributed by atoms with E-state index in [1.165, 1.54) is 11.3 Å². The predicted molar refractivity (Wildman–Crippen MR) is 136 cm³/mol. The van der Waals surface area contributed by atoms with Gasteiger partial charge in [0.1, 0.15) is 11.4 Å². The molecular formula is C24H30N4O5S2. The fraction of sp³-hybridized carbons (Fsp3) is 0.417. The smallest absolute Gasteiger partial charge is 0.422 e. The minimum absolute atomic E-state index is 0.240. The number of hydrogen-bond donors (Lipinski definition) is 2. The second kappa shape index (κ2) is 10.5. The van der Waals surface area contributed by atoms with Crippen LogP contribution in [0.1, 0.15) is 39.2 Å². The number of thiazole rings is 1. The molecule has 0 atom stereocenters. The number of carbonyl (C=O) groups is 1. The lowest BCUT2D eigenvalue weighted by Gasteiger charge is -2.32. The Hall–Kier alpha value is -2.73. The first-order chi connectivity index (χ1) is 16.5. The monoisotopic (exact) mass is 518 g/mol. The van der Waals surface area contributed by atoms with Crippen LogP contribution >= 0.6 is 11.3 Å². The van der Waals surface area contributed by atoms with E-state index in [0.717, 1.165) is 41.2 Å². The first kappa shape index (κ1) is 25.4. The van der Waals surface area contributed by atoms with Crippen LogP contribution in [0.2, 0.25) is 0 Å². The zero-order chi connectivity index (χ0) is 25.1. The fourth-order valence-corrected chi connectivity index (χ4v) is 5.61. The average molecular weight is 519 g/mol. The van der Waals surface area contributed by atoms with Gasteiger partial charge in [0.15, 0.2) is 0 Å². The topological polar surface area (TPSA) is 110 Å². The molecular weight excluding hydrogens is 488 g/mol. The Morgan fingerprint density at radius 2 is 1.80 bits per heavy atom. The third-order valence-electron chi connectivity index (χ3n) is 5.33. The standard InChI is InChI=1S/C24H30N4O5S2/c1-24(2,3)33-22(29)27-35(30,31)26-18-12-14-28(15-13-18)16-17-8-10-19(11-9-17)32-23-25-20-6-4-5-7-21(20)34-23/h4-11,18,26H,12-16H2,1-3H3,(H,27,29). The summed E-state index contributed by atoms with van der Waals surface area (Å²) in [6.45, 7) is 7.26. The van der Waals surface area contributed by atoms with Crippen LogP contribution in [-0.4, -0.2) is 49.1 Å². The van der Waals surface area contributed by atoms with Crippen molar-refractivity contribution < 1.29 is 22.7 Å². The van der Waals surface area contributed by atoms with Crippen LogP contribution in [0.5, 0.6) is 10.9 Å². The van der Waals surface area contributed by atoms with Crippen molar-refractivity contribution in [2.24, 2.45) is 0 Å². The number of benzene rings is 2. The molecule has 2 N–H and O–H groups in total. The summed E-state index contributed by atoms with van der Waals surface area (Å²) in [6, 6.07) is 15.6. The van der Waals surface area contributed by atoms with E-state index in [0.29, 0.717) is 18.0 Å². The van der Waals surface area contributed by atoms with Crippen LogP contribution < -0.4 is 14.2 Å². The van der Waals surface area contributed by atoms with E-state index in [1.54, 1.807) is 20.8 Å². The van der Waals surface area contributed by atoms with Gasteiger partial charge in [-0.3, -0.25) is 4.90 Å². The summed E-state index contributed by atoms with van der Waals surface area (Å²) in [4.78, 5) is 18.5. The van der Waals surface area contributed by atoms with E-state index in [4.69, 9.17) is 9.47 Å². The molecule has 35 heavy (non-hydrogen) atoms. The number of amides is 1. The molecule has 188 valence electrons.